The van der Waals surface area contributed by atoms with Crippen molar-refractivity contribution in [2.75, 3.05) is 18.0 Å². The quantitative estimate of drug-likeness (QED) is 0.666. The molecule has 1 saturated heterocycles. The zero-order valence-corrected chi connectivity index (χ0v) is 8.80. The maximum absolute atomic E-state index is 5.91. The monoisotopic (exact) mass is 195 g/mol. The fourth-order valence-corrected chi connectivity index (χ4v) is 2.03. The van der Waals surface area contributed by atoms with E-state index in [4.69, 9.17) is 11.6 Å². The number of benzene rings is 1. The molecule has 0 N–H and O–H groups in total. The van der Waals surface area contributed by atoms with Gasteiger partial charge in [-0.1, -0.05) is 31.5 Å². The number of halogens is 1. The van der Waals surface area contributed by atoms with E-state index >= 15 is 0 Å². The van der Waals surface area contributed by atoms with E-state index in [0.29, 0.717) is 5.41 Å². The molecule has 0 aromatic heterocycles. The van der Waals surface area contributed by atoms with Crippen molar-refractivity contribution in [3.63, 3.8) is 0 Å². The van der Waals surface area contributed by atoms with Crippen LogP contribution in [0.25, 0.3) is 0 Å². The topological polar surface area (TPSA) is 3.24 Å². The molecule has 0 aliphatic carbocycles. The van der Waals surface area contributed by atoms with Crippen molar-refractivity contribution in [3.8, 4) is 0 Å². The van der Waals surface area contributed by atoms with Gasteiger partial charge in [0.25, 0.3) is 0 Å². The third-order valence-electron chi connectivity index (χ3n) is 2.41. The normalized spacial score (nSPS) is 19.8. The molecule has 0 atom stereocenters. The van der Waals surface area contributed by atoms with Crippen LogP contribution >= 0.6 is 11.6 Å². The molecule has 0 radical (unpaired) electrons. The summed E-state index contributed by atoms with van der Waals surface area (Å²) in [4.78, 5) is 2.35. The zero-order valence-electron chi connectivity index (χ0n) is 8.05. The standard InChI is InChI=1S/C11H14ClN/c1-11(2)7-13(8-11)10-5-3-4-9(12)6-10/h3-6H,7-8H2,1-2H3. The second kappa shape index (κ2) is 2.91. The van der Waals surface area contributed by atoms with Gasteiger partial charge in [0, 0.05) is 23.8 Å². The Morgan fingerprint density at radius 3 is 2.54 bits per heavy atom. The van der Waals surface area contributed by atoms with Gasteiger partial charge < -0.3 is 4.90 Å². The molecular formula is C11H14ClN. The average Bonchev–Trinajstić information content (AvgIpc) is 2.00. The molecule has 1 aliphatic rings. The lowest BCUT2D eigenvalue weighted by molar-refractivity contribution is 0.276. The van der Waals surface area contributed by atoms with Gasteiger partial charge in [-0.15, -0.1) is 0 Å². The fourth-order valence-electron chi connectivity index (χ4n) is 1.84. The number of rotatable bonds is 1. The molecule has 1 aromatic carbocycles. The number of anilines is 1. The Balaban J connectivity index is 2.11. The van der Waals surface area contributed by atoms with E-state index in [1.54, 1.807) is 0 Å². The summed E-state index contributed by atoms with van der Waals surface area (Å²) in [6.07, 6.45) is 0. The minimum Gasteiger partial charge on any atom is -0.370 e. The Labute approximate surface area is 84.3 Å². The molecule has 0 amide bonds. The van der Waals surface area contributed by atoms with Crippen LogP contribution in [0.4, 0.5) is 5.69 Å². The Kier molecular flexibility index (Phi) is 1.99. The van der Waals surface area contributed by atoms with E-state index in [0.717, 1.165) is 18.1 Å². The minimum absolute atomic E-state index is 0.475. The highest BCUT2D eigenvalue weighted by atomic mass is 35.5. The highest BCUT2D eigenvalue weighted by molar-refractivity contribution is 6.30. The Bertz CT molecular complexity index is 312. The van der Waals surface area contributed by atoms with E-state index in [-0.39, 0.29) is 0 Å². The maximum atomic E-state index is 5.91. The van der Waals surface area contributed by atoms with E-state index in [2.05, 4.69) is 24.8 Å². The van der Waals surface area contributed by atoms with Crippen molar-refractivity contribution >= 4 is 17.3 Å². The number of nitrogens with zero attached hydrogens (tertiary/aromatic N) is 1. The molecular weight excluding hydrogens is 182 g/mol. The van der Waals surface area contributed by atoms with Crippen LogP contribution in [0.15, 0.2) is 24.3 Å². The van der Waals surface area contributed by atoms with Crippen molar-refractivity contribution < 1.29 is 0 Å². The fraction of sp³-hybridized carbons (Fsp3) is 0.455. The average molecular weight is 196 g/mol. The lowest BCUT2D eigenvalue weighted by Gasteiger charge is -2.47. The third-order valence-corrected chi connectivity index (χ3v) is 2.65. The second-order valence-electron chi connectivity index (χ2n) is 4.50. The first-order valence-electron chi connectivity index (χ1n) is 4.57. The van der Waals surface area contributed by atoms with Gasteiger partial charge in [-0.05, 0) is 23.6 Å². The van der Waals surface area contributed by atoms with Gasteiger partial charge in [-0.3, -0.25) is 0 Å². The summed E-state index contributed by atoms with van der Waals surface area (Å²) in [5.74, 6) is 0. The van der Waals surface area contributed by atoms with Crippen LogP contribution in [0.3, 0.4) is 0 Å². The van der Waals surface area contributed by atoms with Crippen molar-refractivity contribution in [2.24, 2.45) is 5.41 Å². The predicted octanol–water partition coefficient (Wildman–Crippen LogP) is 3.19. The molecule has 0 unspecified atom stereocenters. The molecule has 1 aromatic rings. The van der Waals surface area contributed by atoms with E-state index in [1.165, 1.54) is 5.69 Å². The van der Waals surface area contributed by atoms with Crippen molar-refractivity contribution in [2.45, 2.75) is 13.8 Å². The predicted molar refractivity (Wildman–Crippen MR) is 57.4 cm³/mol. The largest absolute Gasteiger partial charge is 0.370 e. The second-order valence-corrected chi connectivity index (χ2v) is 4.94. The van der Waals surface area contributed by atoms with Gasteiger partial charge in [0.15, 0.2) is 0 Å². The van der Waals surface area contributed by atoms with E-state index < -0.39 is 0 Å². The van der Waals surface area contributed by atoms with Gasteiger partial charge in [0.1, 0.15) is 0 Å². The molecule has 2 rings (SSSR count). The van der Waals surface area contributed by atoms with Gasteiger partial charge in [0.05, 0.1) is 0 Å². The van der Waals surface area contributed by atoms with Crippen LogP contribution in [-0.2, 0) is 0 Å². The summed E-state index contributed by atoms with van der Waals surface area (Å²) < 4.78 is 0. The summed E-state index contributed by atoms with van der Waals surface area (Å²) in [7, 11) is 0. The molecule has 0 saturated carbocycles. The molecule has 0 spiro atoms. The van der Waals surface area contributed by atoms with Crippen molar-refractivity contribution in [1.29, 1.82) is 0 Å². The minimum atomic E-state index is 0.475. The molecule has 1 heterocycles. The van der Waals surface area contributed by atoms with Crippen LogP contribution in [-0.4, -0.2) is 13.1 Å². The van der Waals surface area contributed by atoms with Gasteiger partial charge in [-0.2, -0.15) is 0 Å². The SMILES string of the molecule is CC1(C)CN(c2cccc(Cl)c2)C1. The molecule has 0 bridgehead atoms. The summed E-state index contributed by atoms with van der Waals surface area (Å²) in [6.45, 7) is 6.84. The van der Waals surface area contributed by atoms with Crippen LogP contribution in [0.1, 0.15) is 13.8 Å². The van der Waals surface area contributed by atoms with Crippen molar-refractivity contribution in [1.82, 2.24) is 0 Å². The summed E-state index contributed by atoms with van der Waals surface area (Å²) in [6, 6.07) is 8.05. The van der Waals surface area contributed by atoms with Gasteiger partial charge in [0.2, 0.25) is 0 Å². The molecule has 70 valence electrons. The first kappa shape index (κ1) is 8.89. The smallest absolute Gasteiger partial charge is 0.0426 e. The Morgan fingerprint density at radius 1 is 1.31 bits per heavy atom. The summed E-state index contributed by atoms with van der Waals surface area (Å²) in [5, 5.41) is 0.821. The van der Waals surface area contributed by atoms with Gasteiger partial charge >= 0.3 is 0 Å². The summed E-state index contributed by atoms with van der Waals surface area (Å²) in [5.41, 5.74) is 1.72. The van der Waals surface area contributed by atoms with E-state index in [9.17, 15) is 0 Å². The lowest BCUT2D eigenvalue weighted by Crippen LogP contribution is -2.53. The highest BCUT2D eigenvalue weighted by Gasteiger charge is 2.33. The van der Waals surface area contributed by atoms with Crippen LogP contribution in [0.5, 0.6) is 0 Å². The van der Waals surface area contributed by atoms with Gasteiger partial charge in [-0.25, -0.2) is 0 Å². The zero-order chi connectivity index (χ0) is 9.47. The highest BCUT2D eigenvalue weighted by Crippen LogP contribution is 2.34. The molecule has 1 fully saturated rings. The van der Waals surface area contributed by atoms with Crippen molar-refractivity contribution in [3.05, 3.63) is 29.3 Å². The number of hydrogen-bond acceptors (Lipinski definition) is 1. The van der Waals surface area contributed by atoms with Crippen LogP contribution in [0.2, 0.25) is 5.02 Å². The lowest BCUT2D eigenvalue weighted by atomic mass is 9.84. The van der Waals surface area contributed by atoms with E-state index in [1.807, 2.05) is 18.2 Å². The maximum Gasteiger partial charge on any atom is 0.0426 e. The molecule has 2 heteroatoms. The molecule has 13 heavy (non-hydrogen) atoms. The molecule has 1 nitrogen and oxygen atoms in total. The van der Waals surface area contributed by atoms with Crippen LogP contribution < -0.4 is 4.90 Å². The summed E-state index contributed by atoms with van der Waals surface area (Å²) >= 11 is 5.91. The third kappa shape index (κ3) is 1.80. The number of hydrogen-bond donors (Lipinski definition) is 0. The Morgan fingerprint density at radius 2 is 2.00 bits per heavy atom. The first-order valence-corrected chi connectivity index (χ1v) is 4.95. The Hall–Kier alpha value is -0.690. The van der Waals surface area contributed by atoms with Crippen LogP contribution in [0, 0.1) is 5.41 Å². The molecule has 1 aliphatic heterocycles. The first-order chi connectivity index (χ1) is 6.07.